The summed E-state index contributed by atoms with van der Waals surface area (Å²) in [5.74, 6) is 1.14. The largest absolute Gasteiger partial charge is 0.361 e. The molecule has 2 atom stereocenters. The monoisotopic (exact) mass is 284 g/mol. The molecule has 0 bridgehead atoms. The molecule has 1 aromatic carbocycles. The van der Waals surface area contributed by atoms with E-state index >= 15 is 0 Å². The second-order valence-electron chi connectivity index (χ2n) is 5.74. The highest BCUT2D eigenvalue weighted by Crippen LogP contribution is 2.42. The fourth-order valence-electron chi connectivity index (χ4n) is 3.19. The third kappa shape index (κ3) is 2.75. The van der Waals surface area contributed by atoms with E-state index in [1.165, 1.54) is 5.56 Å². The summed E-state index contributed by atoms with van der Waals surface area (Å²) in [5.41, 5.74) is 3.14. The number of unbranched alkanes of at least 4 members (excludes halogenated alkanes) is 1. The smallest absolute Gasteiger partial charge is 0.143 e. The number of hydrogen-bond acceptors (Lipinski definition) is 4. The van der Waals surface area contributed by atoms with Crippen LogP contribution < -0.4 is 0 Å². The van der Waals surface area contributed by atoms with Crippen LogP contribution in [-0.2, 0) is 12.8 Å². The van der Waals surface area contributed by atoms with Crippen LogP contribution in [0.1, 0.15) is 60.7 Å². The Hall–Kier alpha value is -1.97. The van der Waals surface area contributed by atoms with Crippen LogP contribution in [0.3, 0.4) is 0 Å². The first-order valence-electron chi connectivity index (χ1n) is 7.68. The zero-order valence-electron chi connectivity index (χ0n) is 12.3. The summed E-state index contributed by atoms with van der Waals surface area (Å²) in [4.78, 5) is 11.3. The van der Waals surface area contributed by atoms with Gasteiger partial charge in [-0.3, -0.25) is 0 Å². The van der Waals surface area contributed by atoms with Gasteiger partial charge in [-0.2, -0.15) is 4.91 Å². The molecule has 1 heterocycles. The number of aryl methyl sites for hydroxylation is 1. The van der Waals surface area contributed by atoms with Gasteiger partial charge < -0.3 is 4.52 Å². The number of nitroso groups, excluding NO2 is 1. The highest BCUT2D eigenvalue weighted by Gasteiger charge is 2.34. The lowest BCUT2D eigenvalue weighted by molar-refractivity contribution is 0.349. The van der Waals surface area contributed by atoms with Crippen LogP contribution in [0.4, 0.5) is 0 Å². The number of hydrogen-bond donors (Lipinski definition) is 0. The van der Waals surface area contributed by atoms with Crippen molar-refractivity contribution in [2.75, 3.05) is 0 Å². The lowest BCUT2D eigenvalue weighted by atomic mass is 9.80. The zero-order valence-corrected chi connectivity index (χ0v) is 12.3. The Labute approximate surface area is 124 Å². The van der Waals surface area contributed by atoms with Crippen molar-refractivity contribution in [1.82, 2.24) is 5.16 Å². The van der Waals surface area contributed by atoms with Gasteiger partial charge >= 0.3 is 0 Å². The Morgan fingerprint density at radius 3 is 2.86 bits per heavy atom. The molecule has 4 nitrogen and oxygen atoms in total. The van der Waals surface area contributed by atoms with Gasteiger partial charge in [-0.1, -0.05) is 54.0 Å². The molecule has 0 saturated carbocycles. The summed E-state index contributed by atoms with van der Waals surface area (Å²) in [6.45, 7) is 2.15. The predicted molar refractivity (Wildman–Crippen MR) is 81.2 cm³/mol. The van der Waals surface area contributed by atoms with E-state index in [9.17, 15) is 4.91 Å². The van der Waals surface area contributed by atoms with Crippen molar-refractivity contribution in [3.63, 3.8) is 0 Å². The highest BCUT2D eigenvalue weighted by atomic mass is 16.5. The third-order valence-corrected chi connectivity index (χ3v) is 4.32. The Bertz CT molecular complexity index is 607. The minimum absolute atomic E-state index is 0.286. The summed E-state index contributed by atoms with van der Waals surface area (Å²) in [7, 11) is 0. The lowest BCUT2D eigenvalue weighted by Crippen LogP contribution is -2.16. The predicted octanol–water partition coefficient (Wildman–Crippen LogP) is 4.55. The van der Waals surface area contributed by atoms with Gasteiger partial charge in [0.2, 0.25) is 0 Å². The van der Waals surface area contributed by atoms with Gasteiger partial charge in [0.15, 0.2) is 0 Å². The summed E-state index contributed by atoms with van der Waals surface area (Å²) < 4.78 is 5.52. The van der Waals surface area contributed by atoms with Gasteiger partial charge in [-0.05, 0) is 30.7 Å². The molecule has 0 N–H and O–H groups in total. The van der Waals surface area contributed by atoms with E-state index in [0.29, 0.717) is 0 Å². The van der Waals surface area contributed by atoms with E-state index in [1.807, 2.05) is 18.2 Å². The van der Waals surface area contributed by atoms with Gasteiger partial charge in [0.1, 0.15) is 11.8 Å². The molecule has 21 heavy (non-hydrogen) atoms. The molecule has 0 spiro atoms. The molecular weight excluding hydrogens is 264 g/mol. The van der Waals surface area contributed by atoms with Crippen LogP contribution in [0.5, 0.6) is 0 Å². The Kier molecular flexibility index (Phi) is 4.13. The van der Waals surface area contributed by atoms with Gasteiger partial charge in [-0.25, -0.2) is 0 Å². The fraction of sp³-hybridized carbons (Fsp3) is 0.471. The Morgan fingerprint density at radius 2 is 2.14 bits per heavy atom. The third-order valence-electron chi connectivity index (χ3n) is 4.32. The minimum Gasteiger partial charge on any atom is -0.361 e. The first kappa shape index (κ1) is 14.0. The molecule has 3 rings (SSSR count). The van der Waals surface area contributed by atoms with Gasteiger partial charge in [-0.15, -0.1) is 0 Å². The quantitative estimate of drug-likeness (QED) is 0.756. The maximum absolute atomic E-state index is 11.3. The number of fused-ring (bicyclic) bond motifs is 1. The number of benzene rings is 1. The van der Waals surface area contributed by atoms with Crippen molar-refractivity contribution >= 4 is 0 Å². The van der Waals surface area contributed by atoms with Crippen molar-refractivity contribution < 1.29 is 4.52 Å². The summed E-state index contributed by atoms with van der Waals surface area (Å²) in [6, 6.07) is 9.95. The lowest BCUT2D eigenvalue weighted by Gasteiger charge is -2.24. The molecule has 1 aromatic heterocycles. The average Bonchev–Trinajstić information content (AvgIpc) is 2.96. The molecule has 1 aliphatic carbocycles. The van der Waals surface area contributed by atoms with Crippen molar-refractivity contribution in [3.8, 4) is 0 Å². The van der Waals surface area contributed by atoms with Crippen LogP contribution in [0, 0.1) is 4.91 Å². The maximum atomic E-state index is 11.3. The molecule has 4 heteroatoms. The SMILES string of the molecule is CCCCc1noc2c1C(N=O)CC(c1ccccc1)C2. The molecule has 2 unspecified atom stereocenters. The fourth-order valence-corrected chi connectivity index (χ4v) is 3.19. The molecule has 1 aliphatic rings. The second-order valence-corrected chi connectivity index (χ2v) is 5.74. The van der Waals surface area contributed by atoms with Crippen molar-refractivity contribution in [3.05, 3.63) is 57.8 Å². The molecule has 110 valence electrons. The molecule has 0 fully saturated rings. The number of aromatic nitrogens is 1. The van der Waals surface area contributed by atoms with Gasteiger partial charge in [0.05, 0.1) is 5.69 Å². The Balaban J connectivity index is 1.89. The standard InChI is InChI=1S/C17H20N2O2/c1-2-3-9-14-17-15(18-20)10-13(11-16(17)21-19-14)12-7-5-4-6-8-12/h4-8,13,15H,2-3,9-11H2,1H3. The highest BCUT2D eigenvalue weighted by molar-refractivity contribution is 5.34. The van der Waals surface area contributed by atoms with Crippen LogP contribution in [0.15, 0.2) is 40.0 Å². The summed E-state index contributed by atoms with van der Waals surface area (Å²) in [5, 5.41) is 7.54. The minimum atomic E-state index is -0.322. The van der Waals surface area contributed by atoms with E-state index in [0.717, 1.165) is 49.1 Å². The van der Waals surface area contributed by atoms with E-state index in [2.05, 4.69) is 29.4 Å². The topological polar surface area (TPSA) is 55.5 Å². The van der Waals surface area contributed by atoms with E-state index in [4.69, 9.17) is 4.52 Å². The van der Waals surface area contributed by atoms with E-state index < -0.39 is 0 Å². The summed E-state index contributed by atoms with van der Waals surface area (Å²) >= 11 is 0. The molecule has 0 saturated heterocycles. The van der Waals surface area contributed by atoms with Crippen LogP contribution in [0.2, 0.25) is 0 Å². The summed E-state index contributed by atoms with van der Waals surface area (Å²) in [6.07, 6.45) is 4.60. The Morgan fingerprint density at radius 1 is 1.33 bits per heavy atom. The molecule has 0 amide bonds. The number of rotatable bonds is 5. The first-order valence-corrected chi connectivity index (χ1v) is 7.68. The second kappa shape index (κ2) is 6.20. The van der Waals surface area contributed by atoms with Crippen molar-refractivity contribution in [2.45, 2.75) is 51.0 Å². The molecule has 2 aromatic rings. The molecular formula is C17H20N2O2. The zero-order chi connectivity index (χ0) is 14.7. The van der Waals surface area contributed by atoms with Crippen LogP contribution >= 0.6 is 0 Å². The maximum Gasteiger partial charge on any atom is 0.143 e. The molecule has 0 radical (unpaired) electrons. The number of nitrogens with zero attached hydrogens (tertiary/aromatic N) is 2. The molecule has 0 aliphatic heterocycles. The van der Waals surface area contributed by atoms with E-state index in [1.54, 1.807) is 0 Å². The first-order chi connectivity index (χ1) is 10.3. The normalized spacial score (nSPS) is 21.0. The van der Waals surface area contributed by atoms with E-state index in [-0.39, 0.29) is 12.0 Å². The van der Waals surface area contributed by atoms with Crippen molar-refractivity contribution in [2.24, 2.45) is 5.18 Å². The van der Waals surface area contributed by atoms with Gasteiger partial charge in [0.25, 0.3) is 0 Å². The van der Waals surface area contributed by atoms with Crippen LogP contribution in [0.25, 0.3) is 0 Å². The average molecular weight is 284 g/mol. The van der Waals surface area contributed by atoms with Crippen molar-refractivity contribution in [1.29, 1.82) is 0 Å². The van der Waals surface area contributed by atoms with Gasteiger partial charge in [0, 0.05) is 12.0 Å². The van der Waals surface area contributed by atoms with Crippen LogP contribution in [-0.4, -0.2) is 5.16 Å².